The van der Waals surface area contributed by atoms with E-state index in [1.165, 1.54) is 64.2 Å². The molecule has 90 valence electrons. The smallest absolute Gasteiger partial charge is 0.0297 e. The van der Waals surface area contributed by atoms with E-state index in [2.05, 4.69) is 20.8 Å². The number of rotatable bonds is 6. The van der Waals surface area contributed by atoms with Crippen LogP contribution in [0.4, 0.5) is 0 Å². The predicted molar refractivity (Wildman–Crippen MR) is 69.1 cm³/mol. The quantitative estimate of drug-likeness (QED) is 0.538. The Kier molecular flexibility index (Phi) is 5.71. The molecule has 0 saturated heterocycles. The summed E-state index contributed by atoms with van der Waals surface area (Å²) < 4.78 is 0. The summed E-state index contributed by atoms with van der Waals surface area (Å²) in [5.41, 5.74) is 0.744. The van der Waals surface area contributed by atoms with Crippen LogP contribution in [-0.4, -0.2) is 0 Å². The molecule has 0 radical (unpaired) electrons. The molecular weight excluding hydrogens is 180 g/mol. The normalized spacial score (nSPS) is 22.6. The van der Waals surface area contributed by atoms with Gasteiger partial charge in [-0.1, -0.05) is 65.7 Å². The Morgan fingerprint density at radius 3 is 2.13 bits per heavy atom. The molecular formula is C15H30. The minimum Gasteiger partial charge on any atom is -0.0654 e. The highest BCUT2D eigenvalue weighted by Gasteiger charge is 2.31. The van der Waals surface area contributed by atoms with E-state index in [1.807, 2.05) is 0 Å². The summed E-state index contributed by atoms with van der Waals surface area (Å²) >= 11 is 0. The molecule has 1 aliphatic rings. The Morgan fingerprint density at radius 2 is 1.67 bits per heavy atom. The van der Waals surface area contributed by atoms with E-state index in [0.29, 0.717) is 0 Å². The number of hydrogen-bond donors (Lipinski definition) is 0. The largest absolute Gasteiger partial charge is 0.0654 e. The van der Waals surface area contributed by atoms with E-state index in [-0.39, 0.29) is 0 Å². The van der Waals surface area contributed by atoms with Gasteiger partial charge in [-0.2, -0.15) is 0 Å². The van der Waals surface area contributed by atoms with Gasteiger partial charge in [-0.15, -0.1) is 0 Å². The van der Waals surface area contributed by atoms with Crippen molar-refractivity contribution in [3.63, 3.8) is 0 Å². The molecule has 1 fully saturated rings. The first-order valence-electron chi connectivity index (χ1n) is 7.26. The third kappa shape index (κ3) is 3.81. The maximum atomic E-state index is 2.42. The van der Waals surface area contributed by atoms with Gasteiger partial charge in [-0.25, -0.2) is 0 Å². The lowest BCUT2D eigenvalue weighted by atomic mass is 9.66. The van der Waals surface area contributed by atoms with Gasteiger partial charge in [0.2, 0.25) is 0 Å². The van der Waals surface area contributed by atoms with Gasteiger partial charge in [-0.05, 0) is 30.6 Å². The summed E-state index contributed by atoms with van der Waals surface area (Å²) in [4.78, 5) is 0. The second-order valence-corrected chi connectivity index (χ2v) is 5.68. The molecule has 0 heteroatoms. The second kappa shape index (κ2) is 6.55. The molecule has 0 heterocycles. The van der Waals surface area contributed by atoms with E-state index in [1.54, 1.807) is 0 Å². The van der Waals surface area contributed by atoms with Crippen LogP contribution < -0.4 is 0 Å². The lowest BCUT2D eigenvalue weighted by molar-refractivity contribution is 0.129. The van der Waals surface area contributed by atoms with Crippen molar-refractivity contribution in [2.45, 2.75) is 85.0 Å². The maximum absolute atomic E-state index is 2.42. The van der Waals surface area contributed by atoms with E-state index >= 15 is 0 Å². The summed E-state index contributed by atoms with van der Waals surface area (Å²) in [6.45, 7) is 7.14. The monoisotopic (exact) mass is 210 g/mol. The van der Waals surface area contributed by atoms with Gasteiger partial charge in [-0.3, -0.25) is 0 Å². The van der Waals surface area contributed by atoms with Crippen molar-refractivity contribution in [1.29, 1.82) is 0 Å². The molecule has 0 bridgehead atoms. The first-order chi connectivity index (χ1) is 7.26. The molecule has 0 amide bonds. The molecule has 0 nitrogen and oxygen atoms in total. The van der Waals surface area contributed by atoms with E-state index in [9.17, 15) is 0 Å². The van der Waals surface area contributed by atoms with Gasteiger partial charge in [0.15, 0.2) is 0 Å². The standard InChI is InChI=1S/C15H30/c1-4-10-14(5-2)13-15(6-3)11-8-7-9-12-15/h14H,4-13H2,1-3H3. The molecule has 1 atom stereocenters. The predicted octanol–water partition coefficient (Wildman–Crippen LogP) is 5.56. The average molecular weight is 210 g/mol. The lowest BCUT2D eigenvalue weighted by Crippen LogP contribution is -2.26. The van der Waals surface area contributed by atoms with Crippen LogP contribution >= 0.6 is 0 Å². The maximum Gasteiger partial charge on any atom is -0.0297 e. The average Bonchev–Trinajstić information content (AvgIpc) is 2.30. The van der Waals surface area contributed by atoms with Gasteiger partial charge in [0.05, 0.1) is 0 Å². The summed E-state index contributed by atoms with van der Waals surface area (Å²) in [5, 5.41) is 0. The molecule has 1 rings (SSSR count). The highest BCUT2D eigenvalue weighted by atomic mass is 14.4. The van der Waals surface area contributed by atoms with E-state index in [0.717, 1.165) is 11.3 Å². The molecule has 0 aromatic rings. The minimum atomic E-state index is 0.744. The van der Waals surface area contributed by atoms with Crippen LogP contribution in [0, 0.1) is 11.3 Å². The van der Waals surface area contributed by atoms with Crippen LogP contribution in [0.5, 0.6) is 0 Å². The van der Waals surface area contributed by atoms with Gasteiger partial charge in [0.1, 0.15) is 0 Å². The molecule has 0 N–H and O–H groups in total. The fourth-order valence-electron chi connectivity index (χ4n) is 3.47. The van der Waals surface area contributed by atoms with Crippen LogP contribution in [0.2, 0.25) is 0 Å². The molecule has 0 aromatic carbocycles. The van der Waals surface area contributed by atoms with E-state index < -0.39 is 0 Å². The Hall–Kier alpha value is 0. The van der Waals surface area contributed by atoms with Gasteiger partial charge < -0.3 is 0 Å². The van der Waals surface area contributed by atoms with Gasteiger partial charge in [0, 0.05) is 0 Å². The van der Waals surface area contributed by atoms with Crippen LogP contribution in [0.25, 0.3) is 0 Å². The lowest BCUT2D eigenvalue weighted by Gasteiger charge is -2.39. The zero-order valence-electron chi connectivity index (χ0n) is 11.1. The fourth-order valence-corrected chi connectivity index (χ4v) is 3.47. The second-order valence-electron chi connectivity index (χ2n) is 5.68. The highest BCUT2D eigenvalue weighted by molar-refractivity contribution is 4.83. The Labute approximate surface area is 96.8 Å². The van der Waals surface area contributed by atoms with Gasteiger partial charge in [0.25, 0.3) is 0 Å². The van der Waals surface area contributed by atoms with Crippen molar-refractivity contribution in [3.05, 3.63) is 0 Å². The van der Waals surface area contributed by atoms with Crippen LogP contribution in [0.1, 0.15) is 85.0 Å². The van der Waals surface area contributed by atoms with Crippen molar-refractivity contribution in [3.8, 4) is 0 Å². The molecule has 0 spiro atoms. The fraction of sp³-hybridized carbons (Fsp3) is 1.00. The van der Waals surface area contributed by atoms with Crippen LogP contribution in [-0.2, 0) is 0 Å². The first-order valence-corrected chi connectivity index (χ1v) is 7.26. The van der Waals surface area contributed by atoms with Crippen molar-refractivity contribution in [2.24, 2.45) is 11.3 Å². The molecule has 1 unspecified atom stereocenters. The minimum absolute atomic E-state index is 0.744. The molecule has 0 aromatic heterocycles. The van der Waals surface area contributed by atoms with Crippen LogP contribution in [0.15, 0.2) is 0 Å². The van der Waals surface area contributed by atoms with Crippen molar-refractivity contribution < 1.29 is 0 Å². The topological polar surface area (TPSA) is 0 Å². The van der Waals surface area contributed by atoms with Crippen LogP contribution in [0.3, 0.4) is 0 Å². The zero-order valence-corrected chi connectivity index (χ0v) is 11.1. The summed E-state index contributed by atoms with van der Waals surface area (Å²) in [6, 6.07) is 0. The summed E-state index contributed by atoms with van der Waals surface area (Å²) in [6.07, 6.45) is 14.7. The van der Waals surface area contributed by atoms with Crippen molar-refractivity contribution in [2.75, 3.05) is 0 Å². The van der Waals surface area contributed by atoms with E-state index in [4.69, 9.17) is 0 Å². The SMILES string of the molecule is CCCC(CC)CC1(CC)CCCCC1. The third-order valence-corrected chi connectivity index (χ3v) is 4.66. The summed E-state index contributed by atoms with van der Waals surface area (Å²) in [5.74, 6) is 1.01. The Balaban J connectivity index is 2.49. The zero-order chi connectivity index (χ0) is 11.1. The Bertz CT molecular complexity index is 153. The molecule has 15 heavy (non-hydrogen) atoms. The Morgan fingerprint density at radius 1 is 1.00 bits per heavy atom. The molecule has 0 aliphatic heterocycles. The highest BCUT2D eigenvalue weighted by Crippen LogP contribution is 2.45. The molecule has 1 aliphatic carbocycles. The summed E-state index contributed by atoms with van der Waals surface area (Å²) in [7, 11) is 0. The third-order valence-electron chi connectivity index (χ3n) is 4.66. The van der Waals surface area contributed by atoms with Crippen molar-refractivity contribution >= 4 is 0 Å². The van der Waals surface area contributed by atoms with Gasteiger partial charge >= 0.3 is 0 Å². The number of hydrogen-bond acceptors (Lipinski definition) is 0. The first kappa shape index (κ1) is 13.1. The van der Waals surface area contributed by atoms with Crippen molar-refractivity contribution in [1.82, 2.24) is 0 Å². The molecule has 1 saturated carbocycles.